The first-order chi connectivity index (χ1) is 14.8. The topological polar surface area (TPSA) is 68.1 Å². The fraction of sp³-hybridized carbons (Fsp3) is 0.217. The molecule has 0 unspecified atom stereocenters. The summed E-state index contributed by atoms with van der Waals surface area (Å²) in [4.78, 5) is 36.5. The van der Waals surface area contributed by atoms with E-state index in [9.17, 15) is 9.59 Å². The van der Waals surface area contributed by atoms with E-state index in [0.29, 0.717) is 28.0 Å². The van der Waals surface area contributed by atoms with Gasteiger partial charge in [0.25, 0.3) is 5.56 Å². The van der Waals surface area contributed by atoms with Gasteiger partial charge in [-0.3, -0.25) is 19.1 Å². The first-order valence-corrected chi connectivity index (χ1v) is 11.0. The lowest BCUT2D eigenvalue weighted by molar-refractivity contribution is -0.119. The number of benzene rings is 2. The van der Waals surface area contributed by atoms with Crippen LogP contribution in [0.2, 0.25) is 5.02 Å². The number of hydrogen-bond donors (Lipinski definition) is 0. The van der Waals surface area contributed by atoms with Crippen LogP contribution in [-0.4, -0.2) is 20.4 Å². The minimum absolute atomic E-state index is 0.116. The molecule has 1 amide bonds. The highest BCUT2D eigenvalue weighted by Crippen LogP contribution is 2.33. The highest BCUT2D eigenvalue weighted by Gasteiger charge is 2.22. The Bertz CT molecular complexity index is 1330. The Morgan fingerprint density at radius 3 is 2.65 bits per heavy atom. The highest BCUT2D eigenvalue weighted by atomic mass is 35.5. The van der Waals surface area contributed by atoms with E-state index in [1.54, 1.807) is 18.7 Å². The summed E-state index contributed by atoms with van der Waals surface area (Å²) in [6.07, 6.45) is 1.42. The van der Waals surface area contributed by atoms with Gasteiger partial charge in [-0.2, -0.15) is 0 Å². The van der Waals surface area contributed by atoms with Crippen LogP contribution in [0, 0.1) is 20.8 Å². The minimum Gasteiger partial charge on any atom is -0.289 e. The molecule has 4 aromatic rings. The van der Waals surface area contributed by atoms with E-state index in [1.165, 1.54) is 22.2 Å². The molecule has 0 aliphatic rings. The fourth-order valence-corrected chi connectivity index (χ4v) is 4.74. The van der Waals surface area contributed by atoms with Crippen LogP contribution in [0.25, 0.3) is 10.2 Å². The molecule has 2 aromatic heterocycles. The van der Waals surface area contributed by atoms with E-state index in [1.807, 2.05) is 49.4 Å². The van der Waals surface area contributed by atoms with Gasteiger partial charge in [-0.05, 0) is 44.0 Å². The van der Waals surface area contributed by atoms with Crippen molar-refractivity contribution in [2.24, 2.45) is 0 Å². The molecule has 0 fully saturated rings. The van der Waals surface area contributed by atoms with Crippen molar-refractivity contribution in [1.29, 1.82) is 0 Å². The molecule has 0 bridgehead atoms. The van der Waals surface area contributed by atoms with E-state index in [2.05, 4.69) is 4.98 Å². The predicted octanol–water partition coefficient (Wildman–Crippen LogP) is 4.67. The molecule has 31 heavy (non-hydrogen) atoms. The molecule has 158 valence electrons. The number of rotatable bonds is 5. The normalized spacial score (nSPS) is 11.1. The number of aromatic nitrogens is 3. The minimum atomic E-state index is -0.237. The fourth-order valence-electron chi connectivity index (χ4n) is 3.31. The van der Waals surface area contributed by atoms with E-state index in [-0.39, 0.29) is 18.0 Å². The molecule has 0 aliphatic heterocycles. The van der Waals surface area contributed by atoms with Crippen molar-refractivity contribution in [1.82, 2.24) is 14.5 Å². The number of amides is 1. The highest BCUT2D eigenvalue weighted by molar-refractivity contribution is 7.22. The molecule has 0 aliphatic carbocycles. The van der Waals surface area contributed by atoms with Gasteiger partial charge in [0, 0.05) is 16.3 Å². The van der Waals surface area contributed by atoms with Gasteiger partial charge in [-0.15, -0.1) is 0 Å². The number of hydrogen-bond acceptors (Lipinski definition) is 5. The first-order valence-electron chi connectivity index (χ1n) is 9.77. The lowest BCUT2D eigenvalue weighted by Crippen LogP contribution is -2.37. The zero-order valence-corrected chi connectivity index (χ0v) is 19.0. The van der Waals surface area contributed by atoms with Gasteiger partial charge in [0.1, 0.15) is 6.54 Å². The van der Waals surface area contributed by atoms with Crippen molar-refractivity contribution in [3.05, 3.63) is 86.6 Å². The second-order valence-electron chi connectivity index (χ2n) is 7.42. The number of nitrogens with zero attached hydrogens (tertiary/aromatic N) is 4. The van der Waals surface area contributed by atoms with Crippen LogP contribution < -0.4 is 10.5 Å². The van der Waals surface area contributed by atoms with Crippen molar-refractivity contribution < 1.29 is 4.79 Å². The Kier molecular flexibility index (Phi) is 5.89. The Morgan fingerprint density at radius 1 is 1.16 bits per heavy atom. The number of aryl methyl sites for hydroxylation is 2. The summed E-state index contributed by atoms with van der Waals surface area (Å²) in [5, 5.41) is 1.20. The van der Waals surface area contributed by atoms with Crippen molar-refractivity contribution >= 4 is 44.2 Å². The second kappa shape index (κ2) is 8.61. The zero-order chi connectivity index (χ0) is 22.1. The second-order valence-corrected chi connectivity index (χ2v) is 8.86. The SMILES string of the molecule is Cc1ncn(CC(=O)N(Cc2ccccc2)c2nc3c(C)cc(Cl)cc3s2)c(=O)c1C. The summed E-state index contributed by atoms with van der Waals surface area (Å²) in [6, 6.07) is 13.4. The molecule has 4 rings (SSSR count). The average molecular weight is 453 g/mol. The largest absolute Gasteiger partial charge is 0.289 e. The maximum Gasteiger partial charge on any atom is 0.256 e. The van der Waals surface area contributed by atoms with Crippen molar-refractivity contribution in [2.45, 2.75) is 33.9 Å². The number of carbonyl (C=O) groups is 1. The van der Waals surface area contributed by atoms with Gasteiger partial charge in [-0.1, -0.05) is 53.3 Å². The van der Waals surface area contributed by atoms with Gasteiger partial charge in [0.05, 0.1) is 23.1 Å². The van der Waals surface area contributed by atoms with E-state index >= 15 is 0 Å². The maximum absolute atomic E-state index is 13.4. The molecule has 0 saturated heterocycles. The van der Waals surface area contributed by atoms with Crippen LogP contribution in [0.5, 0.6) is 0 Å². The lowest BCUT2D eigenvalue weighted by Gasteiger charge is -2.20. The summed E-state index contributed by atoms with van der Waals surface area (Å²) in [7, 11) is 0. The van der Waals surface area contributed by atoms with Gasteiger partial charge < -0.3 is 0 Å². The maximum atomic E-state index is 13.4. The van der Waals surface area contributed by atoms with Crippen molar-refractivity contribution in [3.8, 4) is 0 Å². The quantitative estimate of drug-likeness (QED) is 0.441. The Morgan fingerprint density at radius 2 is 1.90 bits per heavy atom. The van der Waals surface area contributed by atoms with Crippen LogP contribution in [0.3, 0.4) is 0 Å². The van der Waals surface area contributed by atoms with Gasteiger partial charge in [0.15, 0.2) is 5.13 Å². The molecule has 0 radical (unpaired) electrons. The molecule has 0 atom stereocenters. The van der Waals surface area contributed by atoms with Crippen LogP contribution in [-0.2, 0) is 17.9 Å². The summed E-state index contributed by atoms with van der Waals surface area (Å²) in [5.74, 6) is -0.237. The Labute approximate surface area is 188 Å². The number of thiazole rings is 1. The van der Waals surface area contributed by atoms with Gasteiger partial charge >= 0.3 is 0 Å². The van der Waals surface area contributed by atoms with E-state index in [4.69, 9.17) is 16.6 Å². The van der Waals surface area contributed by atoms with Crippen LogP contribution in [0.15, 0.2) is 53.6 Å². The van der Waals surface area contributed by atoms with Crippen LogP contribution in [0.1, 0.15) is 22.4 Å². The van der Waals surface area contributed by atoms with Crippen LogP contribution in [0.4, 0.5) is 5.13 Å². The zero-order valence-electron chi connectivity index (χ0n) is 17.4. The van der Waals surface area contributed by atoms with Gasteiger partial charge in [-0.25, -0.2) is 9.97 Å². The number of fused-ring (bicyclic) bond motifs is 1. The van der Waals surface area contributed by atoms with Crippen molar-refractivity contribution in [2.75, 3.05) is 4.90 Å². The third kappa shape index (κ3) is 4.38. The number of anilines is 1. The molecule has 2 heterocycles. The molecule has 8 heteroatoms. The third-order valence-corrected chi connectivity index (χ3v) is 6.42. The van der Waals surface area contributed by atoms with E-state index < -0.39 is 0 Å². The summed E-state index contributed by atoms with van der Waals surface area (Å²) >= 11 is 7.62. The number of carbonyl (C=O) groups excluding carboxylic acids is 1. The monoisotopic (exact) mass is 452 g/mol. The predicted molar refractivity (Wildman–Crippen MR) is 125 cm³/mol. The molecular weight excluding hydrogens is 432 g/mol. The lowest BCUT2D eigenvalue weighted by atomic mass is 10.2. The van der Waals surface area contributed by atoms with Gasteiger partial charge in [0.2, 0.25) is 5.91 Å². The first kappa shape index (κ1) is 21.2. The van der Waals surface area contributed by atoms with Crippen LogP contribution >= 0.6 is 22.9 Å². The Balaban J connectivity index is 1.74. The molecule has 2 aromatic carbocycles. The summed E-state index contributed by atoms with van der Waals surface area (Å²) < 4.78 is 2.26. The summed E-state index contributed by atoms with van der Waals surface area (Å²) in [5.41, 5.74) is 3.72. The average Bonchev–Trinajstić information content (AvgIpc) is 3.17. The Hall–Kier alpha value is -3.03. The standard InChI is InChI=1S/C23H21ClN4O2S/c1-14-9-18(24)10-19-21(14)26-23(31-19)28(11-17-7-5-4-6-8-17)20(29)12-27-13-25-16(3)15(2)22(27)30/h4-10,13H,11-12H2,1-3H3. The van der Waals surface area contributed by atoms with Crippen molar-refractivity contribution in [3.63, 3.8) is 0 Å². The third-order valence-electron chi connectivity index (χ3n) is 5.18. The van der Waals surface area contributed by atoms with E-state index in [0.717, 1.165) is 21.3 Å². The summed E-state index contributed by atoms with van der Waals surface area (Å²) in [6.45, 7) is 5.67. The smallest absolute Gasteiger partial charge is 0.256 e. The molecule has 0 saturated carbocycles. The number of halogens is 1. The molecule has 6 nitrogen and oxygen atoms in total. The molecular formula is C23H21ClN4O2S. The molecule has 0 spiro atoms. The molecule has 0 N–H and O–H groups in total.